The van der Waals surface area contributed by atoms with Crippen LogP contribution in [0.2, 0.25) is 0 Å². The predicted molar refractivity (Wildman–Crippen MR) is 260 cm³/mol. The van der Waals surface area contributed by atoms with Crippen molar-refractivity contribution in [3.63, 3.8) is 0 Å². The molecule has 0 aromatic rings. The second kappa shape index (κ2) is 50.2. The lowest BCUT2D eigenvalue weighted by Crippen LogP contribution is -2.45. The van der Waals surface area contributed by atoms with Gasteiger partial charge in [0.25, 0.3) is 0 Å². The van der Waals surface area contributed by atoms with Gasteiger partial charge in [-0.1, -0.05) is 244 Å². The van der Waals surface area contributed by atoms with Crippen LogP contribution in [0.5, 0.6) is 0 Å². The number of carbonyl (C=O) groups is 2. The van der Waals surface area contributed by atoms with E-state index in [1.54, 1.807) is 0 Å². The maximum absolute atomic E-state index is 12.4. The fourth-order valence-corrected chi connectivity index (χ4v) is 8.40. The normalized spacial score (nSPS) is 12.7. The van der Waals surface area contributed by atoms with Crippen molar-refractivity contribution in [1.29, 1.82) is 0 Å². The number of nitrogens with one attached hydrogen (secondary N) is 1. The summed E-state index contributed by atoms with van der Waals surface area (Å²) in [5.74, 6) is -0.0568. The Hall–Kier alpha value is -1.40. The summed E-state index contributed by atoms with van der Waals surface area (Å²) in [5.41, 5.74) is 0. The molecule has 0 radical (unpaired) electrons. The molecule has 6 nitrogen and oxygen atoms in total. The first-order valence-corrected chi connectivity index (χ1v) is 26.9. The van der Waals surface area contributed by atoms with Crippen LogP contribution < -0.4 is 5.32 Å². The van der Waals surface area contributed by atoms with Crippen molar-refractivity contribution in [3.05, 3.63) is 12.2 Å². The van der Waals surface area contributed by atoms with Crippen LogP contribution in [-0.4, -0.2) is 47.4 Å². The van der Waals surface area contributed by atoms with Gasteiger partial charge in [-0.25, -0.2) is 0 Å². The first-order chi connectivity index (χ1) is 29.5. The lowest BCUT2D eigenvalue weighted by Gasteiger charge is -2.22. The van der Waals surface area contributed by atoms with Crippen molar-refractivity contribution in [3.8, 4) is 0 Å². The van der Waals surface area contributed by atoms with Gasteiger partial charge in [0.05, 0.1) is 25.4 Å². The largest absolute Gasteiger partial charge is 0.466 e. The van der Waals surface area contributed by atoms with Gasteiger partial charge in [-0.15, -0.1) is 0 Å². The van der Waals surface area contributed by atoms with Crippen molar-refractivity contribution in [1.82, 2.24) is 5.32 Å². The van der Waals surface area contributed by atoms with Gasteiger partial charge in [0, 0.05) is 12.8 Å². The number of allylic oxidation sites excluding steroid dienone is 2. The summed E-state index contributed by atoms with van der Waals surface area (Å²) in [6, 6.07) is -0.550. The van der Waals surface area contributed by atoms with Crippen LogP contribution in [0.3, 0.4) is 0 Å². The predicted octanol–water partition coefficient (Wildman–Crippen LogP) is 16.1. The Morgan fingerprint density at radius 1 is 0.450 bits per heavy atom. The monoisotopic (exact) mass is 848 g/mol. The van der Waals surface area contributed by atoms with E-state index in [4.69, 9.17) is 4.74 Å². The second-order valence-corrected chi connectivity index (χ2v) is 18.6. The third-order valence-electron chi connectivity index (χ3n) is 12.6. The van der Waals surface area contributed by atoms with E-state index < -0.39 is 12.1 Å². The maximum Gasteiger partial charge on any atom is 0.305 e. The summed E-state index contributed by atoms with van der Waals surface area (Å²) < 4.78 is 5.47. The molecule has 0 saturated carbocycles. The number of hydrogen-bond donors (Lipinski definition) is 3. The van der Waals surface area contributed by atoms with Crippen LogP contribution in [0.4, 0.5) is 0 Å². The molecule has 0 rings (SSSR count). The second-order valence-electron chi connectivity index (χ2n) is 18.6. The highest BCUT2D eigenvalue weighted by Crippen LogP contribution is 2.17. The summed E-state index contributed by atoms with van der Waals surface area (Å²) in [6.07, 6.45) is 57.7. The van der Waals surface area contributed by atoms with E-state index in [0.717, 1.165) is 70.6 Å². The minimum atomic E-state index is -0.671. The van der Waals surface area contributed by atoms with Crippen molar-refractivity contribution in [2.45, 2.75) is 309 Å². The fourth-order valence-electron chi connectivity index (χ4n) is 8.40. The Morgan fingerprint density at radius 3 is 1.18 bits per heavy atom. The topological polar surface area (TPSA) is 95.9 Å². The molecule has 0 aliphatic rings. The Kier molecular flexibility index (Phi) is 49.1. The molecule has 0 spiro atoms. The van der Waals surface area contributed by atoms with E-state index >= 15 is 0 Å². The Labute approximate surface area is 374 Å². The fraction of sp³-hybridized carbons (Fsp3) is 0.926. The third-order valence-corrected chi connectivity index (χ3v) is 12.6. The Morgan fingerprint density at radius 2 is 0.783 bits per heavy atom. The third kappa shape index (κ3) is 46.1. The van der Waals surface area contributed by atoms with Crippen molar-refractivity contribution in [2.75, 3.05) is 13.2 Å². The van der Waals surface area contributed by atoms with Crippen LogP contribution in [0.25, 0.3) is 0 Å². The van der Waals surface area contributed by atoms with Crippen LogP contribution in [0.15, 0.2) is 12.2 Å². The quantitative estimate of drug-likeness (QED) is 0.0322. The summed E-state index contributed by atoms with van der Waals surface area (Å²) in [4.78, 5) is 24.5. The summed E-state index contributed by atoms with van der Waals surface area (Å²) in [6.45, 7) is 4.91. The molecule has 0 fully saturated rings. The first-order valence-electron chi connectivity index (χ1n) is 26.9. The van der Waals surface area contributed by atoms with Gasteiger partial charge >= 0.3 is 5.97 Å². The molecule has 0 saturated heterocycles. The van der Waals surface area contributed by atoms with Crippen LogP contribution >= 0.6 is 0 Å². The SMILES string of the molecule is CCCCCCCCCCCCCCCCCCCCC(=O)OCCCCCC/C=C\CCCCCCCCCC(=O)NC(CO)C(O)CCCCCCCCCCCC. The Bertz CT molecular complexity index is 893. The average Bonchev–Trinajstić information content (AvgIpc) is 3.25. The maximum atomic E-state index is 12.4. The molecular formula is C54H105NO5. The lowest BCUT2D eigenvalue weighted by atomic mass is 10.0. The number of amides is 1. The van der Waals surface area contributed by atoms with E-state index in [9.17, 15) is 19.8 Å². The molecule has 60 heavy (non-hydrogen) atoms. The lowest BCUT2D eigenvalue weighted by molar-refractivity contribution is -0.143. The molecule has 0 bridgehead atoms. The highest BCUT2D eigenvalue weighted by Gasteiger charge is 2.20. The molecule has 0 aliphatic heterocycles. The zero-order valence-corrected chi connectivity index (χ0v) is 40.5. The summed E-state index contributed by atoms with van der Waals surface area (Å²) in [7, 11) is 0. The van der Waals surface area contributed by atoms with Crippen molar-refractivity contribution in [2.24, 2.45) is 0 Å². The van der Waals surface area contributed by atoms with E-state index in [2.05, 4.69) is 31.3 Å². The van der Waals surface area contributed by atoms with Gasteiger partial charge in [-0.2, -0.15) is 0 Å². The highest BCUT2D eigenvalue weighted by molar-refractivity contribution is 5.76. The molecule has 0 aromatic heterocycles. The van der Waals surface area contributed by atoms with Crippen LogP contribution in [0.1, 0.15) is 296 Å². The highest BCUT2D eigenvalue weighted by atomic mass is 16.5. The number of aliphatic hydroxyl groups is 2. The van der Waals surface area contributed by atoms with Crippen molar-refractivity contribution < 1.29 is 24.5 Å². The van der Waals surface area contributed by atoms with Crippen molar-refractivity contribution >= 4 is 11.9 Å². The standard InChI is InChI=1S/C54H105NO5/c1-3-5-7-9-11-13-15-16-17-18-19-22-25-28-32-36-40-44-48-54(59)60-49-45-41-37-33-29-26-23-20-21-24-27-31-35-39-43-47-53(58)55-51(50-56)52(57)46-42-38-34-30-14-12-10-8-6-4-2/h23,26,51-52,56-57H,3-22,24-25,27-50H2,1-2H3,(H,55,58)/b26-23-. The van der Waals surface area contributed by atoms with E-state index in [-0.39, 0.29) is 18.5 Å². The molecule has 6 heteroatoms. The van der Waals surface area contributed by atoms with Gasteiger partial charge in [0.1, 0.15) is 0 Å². The van der Waals surface area contributed by atoms with E-state index in [0.29, 0.717) is 25.9 Å². The number of ether oxygens (including phenoxy) is 1. The zero-order chi connectivity index (χ0) is 43.7. The molecular weight excluding hydrogens is 743 g/mol. The molecule has 2 unspecified atom stereocenters. The van der Waals surface area contributed by atoms with E-state index in [1.807, 2.05) is 0 Å². The molecule has 0 heterocycles. The van der Waals surface area contributed by atoms with Crippen LogP contribution in [-0.2, 0) is 14.3 Å². The Balaban J connectivity index is 3.42. The number of rotatable bonds is 50. The molecule has 1 amide bonds. The van der Waals surface area contributed by atoms with Gasteiger partial charge in [0.15, 0.2) is 0 Å². The molecule has 356 valence electrons. The summed E-state index contributed by atoms with van der Waals surface area (Å²) in [5, 5.41) is 23.1. The van der Waals surface area contributed by atoms with E-state index in [1.165, 1.54) is 193 Å². The number of unbranched alkanes of at least 4 members (excludes halogenated alkanes) is 37. The number of esters is 1. The van der Waals surface area contributed by atoms with Gasteiger partial charge in [0.2, 0.25) is 5.91 Å². The molecule has 3 N–H and O–H groups in total. The smallest absolute Gasteiger partial charge is 0.305 e. The minimum Gasteiger partial charge on any atom is -0.466 e. The van der Waals surface area contributed by atoms with Gasteiger partial charge in [-0.3, -0.25) is 9.59 Å². The number of carbonyl (C=O) groups excluding carboxylic acids is 2. The molecule has 2 atom stereocenters. The molecule has 0 aromatic carbocycles. The van der Waals surface area contributed by atoms with Gasteiger partial charge in [-0.05, 0) is 51.4 Å². The summed E-state index contributed by atoms with van der Waals surface area (Å²) >= 11 is 0. The minimum absolute atomic E-state index is 0.00570. The number of aliphatic hydroxyl groups excluding tert-OH is 2. The zero-order valence-electron chi connectivity index (χ0n) is 40.5. The first kappa shape index (κ1) is 58.6. The van der Waals surface area contributed by atoms with Crippen LogP contribution in [0, 0.1) is 0 Å². The average molecular weight is 848 g/mol. The molecule has 0 aliphatic carbocycles. The van der Waals surface area contributed by atoms with Gasteiger partial charge < -0.3 is 20.3 Å². The number of hydrogen-bond acceptors (Lipinski definition) is 5.